The highest BCUT2D eigenvalue weighted by atomic mass is 19.1. The van der Waals surface area contributed by atoms with Gasteiger partial charge in [-0.3, -0.25) is 4.79 Å². The number of phenols is 1. The largest absolute Gasteiger partial charge is 0.505 e. The minimum absolute atomic E-state index is 0.146. The lowest BCUT2D eigenvalue weighted by atomic mass is 9.82. The Labute approximate surface area is 196 Å². The van der Waals surface area contributed by atoms with E-state index in [4.69, 9.17) is 0 Å². The minimum atomic E-state index is -0.853. The lowest BCUT2D eigenvalue weighted by Crippen LogP contribution is -2.48. The van der Waals surface area contributed by atoms with Crippen molar-refractivity contribution in [3.05, 3.63) is 64.5 Å². The molecular formula is C27H37FN2O3. The molecule has 3 atom stereocenters. The number of carbonyl (C=O) groups excluding carboxylic acids is 1. The van der Waals surface area contributed by atoms with Crippen LogP contribution in [0.5, 0.6) is 5.75 Å². The number of hydrogen-bond acceptors (Lipinski definition) is 4. The highest BCUT2D eigenvalue weighted by Gasteiger charge is 2.25. The summed E-state index contributed by atoms with van der Waals surface area (Å²) < 4.78 is 13.7. The number of amides is 1. The molecule has 2 aromatic carbocycles. The number of rotatable bonds is 8. The van der Waals surface area contributed by atoms with Crippen molar-refractivity contribution < 1.29 is 19.4 Å². The van der Waals surface area contributed by atoms with E-state index < -0.39 is 23.7 Å². The molecule has 0 radical (unpaired) electrons. The lowest BCUT2D eigenvalue weighted by molar-refractivity contribution is -0.120. The fourth-order valence-electron chi connectivity index (χ4n) is 4.66. The van der Waals surface area contributed by atoms with Crippen LogP contribution < -0.4 is 10.6 Å². The molecule has 33 heavy (non-hydrogen) atoms. The van der Waals surface area contributed by atoms with Crippen molar-refractivity contribution in [3.8, 4) is 5.75 Å². The summed E-state index contributed by atoms with van der Waals surface area (Å²) >= 11 is 0. The van der Waals surface area contributed by atoms with Gasteiger partial charge in [-0.1, -0.05) is 45.0 Å². The van der Waals surface area contributed by atoms with E-state index in [2.05, 4.69) is 49.6 Å². The third-order valence-electron chi connectivity index (χ3n) is 6.15. The predicted octanol–water partition coefficient (Wildman–Crippen LogP) is 4.20. The van der Waals surface area contributed by atoms with Crippen LogP contribution in [0.2, 0.25) is 0 Å². The topological polar surface area (TPSA) is 81.6 Å². The number of nitrogens with one attached hydrogen (secondary N) is 2. The number of hydrogen-bond donors (Lipinski definition) is 4. The van der Waals surface area contributed by atoms with Gasteiger partial charge in [0.2, 0.25) is 5.91 Å². The van der Waals surface area contributed by atoms with Crippen LogP contribution in [-0.2, 0) is 24.1 Å². The summed E-state index contributed by atoms with van der Waals surface area (Å²) in [6.45, 7) is 8.42. The number of carbonyl (C=O) groups is 1. The molecule has 3 rings (SSSR count). The maximum Gasteiger partial charge on any atom is 0.217 e. The van der Waals surface area contributed by atoms with Gasteiger partial charge in [0.25, 0.3) is 0 Å². The van der Waals surface area contributed by atoms with E-state index in [0.29, 0.717) is 12.1 Å². The van der Waals surface area contributed by atoms with Crippen LogP contribution in [0.1, 0.15) is 68.8 Å². The molecule has 180 valence electrons. The van der Waals surface area contributed by atoms with E-state index >= 15 is 0 Å². The number of aliphatic hydroxyl groups is 1. The number of benzene rings is 2. The third-order valence-corrected chi connectivity index (χ3v) is 6.15. The zero-order valence-electron chi connectivity index (χ0n) is 20.1. The molecule has 0 aromatic heterocycles. The quantitative estimate of drug-likeness (QED) is 0.480. The van der Waals surface area contributed by atoms with Crippen molar-refractivity contribution >= 4 is 5.91 Å². The Balaban J connectivity index is 1.70. The van der Waals surface area contributed by atoms with Crippen LogP contribution in [-0.4, -0.2) is 34.8 Å². The van der Waals surface area contributed by atoms with E-state index in [1.165, 1.54) is 35.7 Å². The van der Waals surface area contributed by atoms with Gasteiger partial charge in [-0.05, 0) is 71.9 Å². The van der Waals surface area contributed by atoms with E-state index in [1.807, 2.05) is 0 Å². The molecule has 0 aliphatic heterocycles. The second-order valence-electron chi connectivity index (χ2n) is 10.5. The summed E-state index contributed by atoms with van der Waals surface area (Å²) in [5, 5.41) is 26.6. The summed E-state index contributed by atoms with van der Waals surface area (Å²) in [5.74, 6) is -1.39. The molecule has 0 spiro atoms. The van der Waals surface area contributed by atoms with E-state index in [0.717, 1.165) is 25.7 Å². The van der Waals surface area contributed by atoms with Crippen LogP contribution in [0.15, 0.2) is 36.4 Å². The van der Waals surface area contributed by atoms with Crippen molar-refractivity contribution in [2.75, 3.05) is 6.54 Å². The van der Waals surface area contributed by atoms with E-state index in [1.54, 1.807) is 6.07 Å². The Hall–Kier alpha value is -2.44. The maximum atomic E-state index is 13.7. The first-order chi connectivity index (χ1) is 15.5. The highest BCUT2D eigenvalue weighted by Crippen LogP contribution is 2.32. The number of halogens is 1. The summed E-state index contributed by atoms with van der Waals surface area (Å²) in [6.07, 6.45) is 3.55. The first-order valence-corrected chi connectivity index (χ1v) is 11.8. The molecule has 2 aromatic rings. The average Bonchev–Trinajstić information content (AvgIpc) is 2.72. The Morgan fingerprint density at radius 2 is 1.91 bits per heavy atom. The normalized spacial score (nSPS) is 17.8. The zero-order chi connectivity index (χ0) is 24.2. The summed E-state index contributed by atoms with van der Waals surface area (Å²) in [4.78, 5) is 11.7. The Morgan fingerprint density at radius 1 is 1.18 bits per heavy atom. The fraction of sp³-hybridized carbons (Fsp3) is 0.519. The van der Waals surface area contributed by atoms with Gasteiger partial charge in [0.15, 0.2) is 11.6 Å². The molecule has 0 saturated heterocycles. The molecule has 4 N–H and O–H groups in total. The maximum absolute atomic E-state index is 13.7. The average molecular weight is 457 g/mol. The first-order valence-electron chi connectivity index (χ1n) is 11.8. The SMILES string of the molecule is CC(=O)NC(Cc1ccc(O)c(F)c1)C(O)CN[C@H]1CCCc2ccc(CC(C)(C)C)cc21. The summed E-state index contributed by atoms with van der Waals surface area (Å²) in [7, 11) is 0. The standard InChI is InChI=1S/C27H37FN2O3/c1-17(31)30-24(14-18-9-11-25(32)22(28)13-18)26(33)16-29-23-7-5-6-20-10-8-19(12-21(20)23)15-27(2,3)4/h8-13,23-24,26,29,32-33H,5-7,14-16H2,1-4H3,(H,30,31)/t23-,24?,26?/m0/s1. The van der Waals surface area contributed by atoms with Crippen LogP contribution in [0, 0.1) is 11.2 Å². The number of aromatic hydroxyl groups is 1. The fourth-order valence-corrected chi connectivity index (χ4v) is 4.66. The highest BCUT2D eigenvalue weighted by molar-refractivity contribution is 5.73. The van der Waals surface area contributed by atoms with Crippen molar-refractivity contribution in [2.24, 2.45) is 5.41 Å². The van der Waals surface area contributed by atoms with Crippen LogP contribution in [0.4, 0.5) is 4.39 Å². The molecule has 0 fully saturated rings. The number of aryl methyl sites for hydroxylation is 1. The van der Waals surface area contributed by atoms with Crippen LogP contribution in [0.25, 0.3) is 0 Å². The molecule has 1 aliphatic rings. The molecule has 2 unspecified atom stereocenters. The Kier molecular flexibility index (Phi) is 8.14. The van der Waals surface area contributed by atoms with Gasteiger partial charge in [0.05, 0.1) is 12.1 Å². The molecule has 0 bridgehead atoms. The van der Waals surface area contributed by atoms with Gasteiger partial charge < -0.3 is 20.8 Å². The van der Waals surface area contributed by atoms with Gasteiger partial charge in [0.1, 0.15) is 0 Å². The molecule has 1 amide bonds. The number of aliphatic hydroxyl groups excluding tert-OH is 1. The Morgan fingerprint density at radius 3 is 2.58 bits per heavy atom. The predicted molar refractivity (Wildman–Crippen MR) is 129 cm³/mol. The third kappa shape index (κ3) is 7.27. The number of fused-ring (bicyclic) bond motifs is 1. The van der Waals surface area contributed by atoms with Crippen LogP contribution >= 0.6 is 0 Å². The van der Waals surface area contributed by atoms with Gasteiger partial charge in [0, 0.05) is 19.5 Å². The van der Waals surface area contributed by atoms with E-state index in [9.17, 15) is 19.4 Å². The first kappa shape index (κ1) is 25.2. The van der Waals surface area contributed by atoms with Gasteiger partial charge in [-0.25, -0.2) is 4.39 Å². The molecular weight excluding hydrogens is 419 g/mol. The lowest BCUT2D eigenvalue weighted by Gasteiger charge is -2.31. The van der Waals surface area contributed by atoms with Crippen molar-refractivity contribution in [3.63, 3.8) is 0 Å². The molecule has 1 aliphatic carbocycles. The van der Waals surface area contributed by atoms with E-state index in [-0.39, 0.29) is 23.8 Å². The molecule has 6 heteroatoms. The zero-order valence-corrected chi connectivity index (χ0v) is 20.1. The van der Waals surface area contributed by atoms with Gasteiger partial charge in [-0.15, -0.1) is 0 Å². The molecule has 0 saturated carbocycles. The molecule has 0 heterocycles. The smallest absolute Gasteiger partial charge is 0.217 e. The van der Waals surface area contributed by atoms with Gasteiger partial charge in [-0.2, -0.15) is 0 Å². The minimum Gasteiger partial charge on any atom is -0.505 e. The Bertz CT molecular complexity index is 970. The summed E-state index contributed by atoms with van der Waals surface area (Å²) in [5.41, 5.74) is 4.77. The number of phenolic OH excluding ortho intramolecular Hbond substituents is 1. The van der Waals surface area contributed by atoms with Crippen molar-refractivity contribution in [1.29, 1.82) is 0 Å². The monoisotopic (exact) mass is 456 g/mol. The second-order valence-corrected chi connectivity index (χ2v) is 10.5. The van der Waals surface area contributed by atoms with Gasteiger partial charge >= 0.3 is 0 Å². The van der Waals surface area contributed by atoms with Crippen molar-refractivity contribution in [2.45, 2.75) is 78.0 Å². The van der Waals surface area contributed by atoms with Crippen molar-refractivity contribution in [1.82, 2.24) is 10.6 Å². The second kappa shape index (κ2) is 10.7. The van der Waals surface area contributed by atoms with Crippen LogP contribution in [0.3, 0.4) is 0 Å². The molecule has 5 nitrogen and oxygen atoms in total. The summed E-state index contributed by atoms with van der Waals surface area (Å²) in [6, 6.07) is 10.5.